The van der Waals surface area contributed by atoms with Crippen LogP contribution in [0.3, 0.4) is 0 Å². The molecular formula is C25H24F2N2O3S. The van der Waals surface area contributed by atoms with Crippen LogP contribution in [0.15, 0.2) is 60.7 Å². The van der Waals surface area contributed by atoms with Gasteiger partial charge in [-0.1, -0.05) is 6.07 Å². The summed E-state index contributed by atoms with van der Waals surface area (Å²) in [5.41, 5.74) is 2.66. The number of fused-ring (bicyclic) bond motifs is 1. The number of nitrogens with zero attached hydrogens (tertiary/aromatic N) is 1. The van der Waals surface area contributed by atoms with E-state index in [9.17, 15) is 8.78 Å². The highest BCUT2D eigenvalue weighted by molar-refractivity contribution is 7.80. The molecule has 1 aliphatic rings. The molecule has 3 aromatic carbocycles. The maximum absolute atomic E-state index is 13.7. The number of hydrogen-bond donors (Lipinski definition) is 1. The van der Waals surface area contributed by atoms with Crippen molar-refractivity contribution in [1.29, 1.82) is 0 Å². The van der Waals surface area contributed by atoms with Crippen molar-refractivity contribution in [2.45, 2.75) is 12.5 Å². The standard InChI is InChI=1S/C25H24F2N2O3S/c1-30-23-12-16-10-11-29(25(33)28-19-5-3-4-18(27)13-19)22(21(16)14-24(23)31-2)15-32-20-8-6-17(26)7-9-20/h3-9,12-14,22H,10-11,15H2,1-2H3,(H,28,33)/t22-/m1/s1. The third-order valence-electron chi connectivity index (χ3n) is 5.56. The lowest BCUT2D eigenvalue weighted by Gasteiger charge is -2.39. The number of rotatable bonds is 6. The number of benzene rings is 3. The van der Waals surface area contributed by atoms with Crippen LogP contribution in [0.5, 0.6) is 17.2 Å². The molecule has 1 atom stereocenters. The van der Waals surface area contributed by atoms with Crippen LogP contribution < -0.4 is 19.5 Å². The summed E-state index contributed by atoms with van der Waals surface area (Å²) >= 11 is 5.69. The molecule has 0 radical (unpaired) electrons. The molecule has 0 amide bonds. The van der Waals surface area contributed by atoms with Gasteiger partial charge in [0.25, 0.3) is 0 Å². The lowest BCUT2D eigenvalue weighted by atomic mass is 9.92. The van der Waals surface area contributed by atoms with Crippen molar-refractivity contribution in [2.24, 2.45) is 0 Å². The van der Waals surface area contributed by atoms with Crippen molar-refractivity contribution in [3.63, 3.8) is 0 Å². The van der Waals surface area contributed by atoms with Gasteiger partial charge in [-0.25, -0.2) is 8.78 Å². The van der Waals surface area contributed by atoms with Crippen molar-refractivity contribution in [3.05, 3.63) is 83.4 Å². The van der Waals surface area contributed by atoms with E-state index in [1.54, 1.807) is 38.5 Å². The predicted molar refractivity (Wildman–Crippen MR) is 127 cm³/mol. The smallest absolute Gasteiger partial charge is 0.174 e. The van der Waals surface area contributed by atoms with Gasteiger partial charge in [-0.15, -0.1) is 0 Å². The molecule has 0 unspecified atom stereocenters. The quantitative estimate of drug-likeness (QED) is 0.490. The Kier molecular flexibility index (Phi) is 6.93. The van der Waals surface area contributed by atoms with Crippen molar-refractivity contribution < 1.29 is 23.0 Å². The van der Waals surface area contributed by atoms with Gasteiger partial charge in [-0.3, -0.25) is 0 Å². The number of thiocarbonyl (C=S) groups is 1. The fraction of sp³-hybridized carbons (Fsp3) is 0.240. The summed E-state index contributed by atoms with van der Waals surface area (Å²) in [6, 6.07) is 15.7. The Labute approximate surface area is 196 Å². The molecule has 33 heavy (non-hydrogen) atoms. The van der Waals surface area contributed by atoms with Gasteiger partial charge in [0, 0.05) is 12.2 Å². The summed E-state index contributed by atoms with van der Waals surface area (Å²) in [6.45, 7) is 0.889. The number of nitrogens with one attached hydrogen (secondary N) is 1. The van der Waals surface area contributed by atoms with E-state index in [2.05, 4.69) is 5.32 Å². The molecule has 0 fully saturated rings. The maximum Gasteiger partial charge on any atom is 0.174 e. The van der Waals surface area contributed by atoms with E-state index in [0.29, 0.717) is 34.6 Å². The number of anilines is 1. The molecule has 5 nitrogen and oxygen atoms in total. The van der Waals surface area contributed by atoms with Gasteiger partial charge in [0.2, 0.25) is 0 Å². The predicted octanol–water partition coefficient (Wildman–Crippen LogP) is 5.36. The van der Waals surface area contributed by atoms with Crippen LogP contribution in [0.1, 0.15) is 17.2 Å². The maximum atomic E-state index is 13.7. The summed E-state index contributed by atoms with van der Waals surface area (Å²) in [7, 11) is 3.19. The Morgan fingerprint density at radius 1 is 1.00 bits per heavy atom. The number of hydrogen-bond acceptors (Lipinski definition) is 4. The Morgan fingerprint density at radius 3 is 2.42 bits per heavy atom. The number of methoxy groups -OCH3 is 2. The van der Waals surface area contributed by atoms with E-state index in [4.69, 9.17) is 26.4 Å². The zero-order chi connectivity index (χ0) is 23.4. The summed E-state index contributed by atoms with van der Waals surface area (Å²) in [4.78, 5) is 2.01. The van der Waals surface area contributed by atoms with E-state index < -0.39 is 0 Å². The van der Waals surface area contributed by atoms with E-state index in [0.717, 1.165) is 17.5 Å². The molecular weight excluding hydrogens is 446 g/mol. The molecule has 1 N–H and O–H groups in total. The third-order valence-corrected chi connectivity index (χ3v) is 5.90. The van der Waals surface area contributed by atoms with Gasteiger partial charge in [0.15, 0.2) is 16.6 Å². The Morgan fingerprint density at radius 2 is 1.73 bits per heavy atom. The highest BCUT2D eigenvalue weighted by atomic mass is 32.1. The van der Waals surface area contributed by atoms with Crippen LogP contribution >= 0.6 is 12.2 Å². The molecule has 1 heterocycles. The first-order valence-corrected chi connectivity index (χ1v) is 10.9. The molecule has 0 saturated heterocycles. The van der Waals surface area contributed by atoms with E-state index in [-0.39, 0.29) is 24.3 Å². The zero-order valence-electron chi connectivity index (χ0n) is 18.3. The Bertz CT molecular complexity index is 1140. The number of ether oxygens (including phenoxy) is 3. The SMILES string of the molecule is COc1cc2c(cc1OC)[C@@H](COc1ccc(F)cc1)N(C(=S)Nc1cccc(F)c1)CC2. The highest BCUT2D eigenvalue weighted by Gasteiger charge is 2.31. The highest BCUT2D eigenvalue weighted by Crippen LogP contribution is 2.38. The van der Waals surface area contributed by atoms with Gasteiger partial charge >= 0.3 is 0 Å². The van der Waals surface area contributed by atoms with Crippen molar-refractivity contribution in [1.82, 2.24) is 4.90 Å². The minimum absolute atomic E-state index is 0.257. The summed E-state index contributed by atoms with van der Waals surface area (Å²) in [5, 5.41) is 3.58. The fourth-order valence-electron chi connectivity index (χ4n) is 3.92. The molecule has 4 rings (SSSR count). The van der Waals surface area contributed by atoms with Crippen molar-refractivity contribution >= 4 is 23.0 Å². The van der Waals surface area contributed by atoms with Crippen molar-refractivity contribution in [2.75, 3.05) is 32.7 Å². The topological polar surface area (TPSA) is 43.0 Å². The zero-order valence-corrected chi connectivity index (χ0v) is 19.1. The monoisotopic (exact) mass is 470 g/mol. The summed E-state index contributed by atoms with van der Waals surface area (Å²) < 4.78 is 43.9. The lowest BCUT2D eigenvalue weighted by molar-refractivity contribution is 0.190. The van der Waals surface area contributed by atoms with Crippen LogP contribution in [0.4, 0.5) is 14.5 Å². The average molecular weight is 471 g/mol. The molecule has 1 aliphatic heterocycles. The molecule has 172 valence electrons. The minimum atomic E-state index is -0.347. The Balaban J connectivity index is 1.64. The molecule has 0 bridgehead atoms. The fourth-order valence-corrected chi connectivity index (χ4v) is 4.25. The van der Waals surface area contributed by atoms with Gasteiger partial charge in [-0.2, -0.15) is 0 Å². The second kappa shape index (κ2) is 10.0. The molecule has 0 aliphatic carbocycles. The second-order valence-electron chi connectivity index (χ2n) is 7.57. The van der Waals surface area contributed by atoms with Crippen molar-refractivity contribution in [3.8, 4) is 17.2 Å². The van der Waals surface area contributed by atoms with Gasteiger partial charge in [0.1, 0.15) is 24.0 Å². The van der Waals surface area contributed by atoms with Crippen LogP contribution in [0.2, 0.25) is 0 Å². The minimum Gasteiger partial charge on any atom is -0.493 e. The first-order valence-electron chi connectivity index (χ1n) is 10.4. The molecule has 0 saturated carbocycles. The molecule has 0 spiro atoms. The van der Waals surface area contributed by atoms with E-state index >= 15 is 0 Å². The van der Waals surface area contributed by atoms with Crippen LogP contribution in [-0.4, -0.2) is 37.4 Å². The van der Waals surface area contributed by atoms with Crippen LogP contribution in [0.25, 0.3) is 0 Å². The molecule has 0 aromatic heterocycles. The van der Waals surface area contributed by atoms with Gasteiger partial charge in [0.05, 0.1) is 20.3 Å². The van der Waals surface area contributed by atoms with Gasteiger partial charge in [-0.05, 0) is 84.4 Å². The normalized spacial score (nSPS) is 14.9. The largest absolute Gasteiger partial charge is 0.493 e. The first kappa shape index (κ1) is 22.8. The van der Waals surface area contributed by atoms with Crippen LogP contribution in [0, 0.1) is 11.6 Å². The van der Waals surface area contributed by atoms with Crippen LogP contribution in [-0.2, 0) is 6.42 Å². The average Bonchev–Trinajstić information content (AvgIpc) is 2.82. The van der Waals surface area contributed by atoms with E-state index in [1.165, 1.54) is 24.3 Å². The third kappa shape index (κ3) is 5.17. The number of halogens is 2. The Hall–Kier alpha value is -3.39. The second-order valence-corrected chi connectivity index (χ2v) is 7.96. The summed E-state index contributed by atoms with van der Waals surface area (Å²) in [5.74, 6) is 1.13. The molecule has 3 aromatic rings. The summed E-state index contributed by atoms with van der Waals surface area (Å²) in [6.07, 6.45) is 0.730. The van der Waals surface area contributed by atoms with E-state index in [1.807, 2.05) is 17.0 Å². The van der Waals surface area contributed by atoms with Gasteiger partial charge < -0.3 is 24.4 Å². The molecule has 8 heteroatoms. The lowest BCUT2D eigenvalue weighted by Crippen LogP contribution is -2.44. The first-order chi connectivity index (χ1) is 16.0.